The number of thiazole rings is 1. The van der Waals surface area contributed by atoms with Gasteiger partial charge in [0.1, 0.15) is 0 Å². The lowest BCUT2D eigenvalue weighted by atomic mass is 10.4. The molecule has 6 heteroatoms. The van der Waals surface area contributed by atoms with Crippen molar-refractivity contribution >= 4 is 17.3 Å². The van der Waals surface area contributed by atoms with E-state index in [0.717, 1.165) is 23.9 Å². The van der Waals surface area contributed by atoms with Crippen molar-refractivity contribution in [3.63, 3.8) is 0 Å². The molecule has 0 aliphatic heterocycles. The summed E-state index contributed by atoms with van der Waals surface area (Å²) in [7, 11) is 1.70. The van der Waals surface area contributed by atoms with Crippen LogP contribution in [0.1, 0.15) is 18.3 Å². The third-order valence-electron chi connectivity index (χ3n) is 2.50. The topological polar surface area (TPSA) is 52.0 Å². The molecule has 98 valence electrons. The van der Waals surface area contributed by atoms with Gasteiger partial charge in [-0.25, -0.2) is 9.97 Å². The molecule has 0 fully saturated rings. The summed E-state index contributed by atoms with van der Waals surface area (Å²) in [5.41, 5.74) is 3.90. The van der Waals surface area contributed by atoms with Crippen molar-refractivity contribution in [1.82, 2.24) is 14.5 Å². The van der Waals surface area contributed by atoms with E-state index in [4.69, 9.17) is 4.74 Å². The molecular weight excluding hydrogens is 248 g/mol. The molecule has 0 amide bonds. The summed E-state index contributed by atoms with van der Waals surface area (Å²) in [6.45, 7) is 5.46. The summed E-state index contributed by atoms with van der Waals surface area (Å²) >= 11 is 1.61. The van der Waals surface area contributed by atoms with Crippen LogP contribution in [0.4, 0.5) is 5.95 Å². The minimum Gasteiger partial charge on any atom is -0.383 e. The summed E-state index contributed by atoms with van der Waals surface area (Å²) in [6, 6.07) is 0.228. The fourth-order valence-corrected chi connectivity index (χ4v) is 2.33. The second kappa shape index (κ2) is 5.97. The zero-order valence-corrected chi connectivity index (χ0v) is 11.7. The minimum absolute atomic E-state index is 0.228. The van der Waals surface area contributed by atoms with E-state index in [9.17, 15) is 0 Å². The lowest BCUT2D eigenvalue weighted by Gasteiger charge is -2.14. The molecule has 2 aromatic heterocycles. The van der Waals surface area contributed by atoms with Crippen molar-refractivity contribution in [3.8, 4) is 0 Å². The molecular formula is C12H18N4OS. The van der Waals surface area contributed by atoms with Gasteiger partial charge in [0.05, 0.1) is 30.1 Å². The Bertz CT molecular complexity index is 480. The molecule has 1 unspecified atom stereocenters. The number of methoxy groups -OCH3 is 1. The molecule has 0 saturated carbocycles. The molecule has 0 saturated heterocycles. The van der Waals surface area contributed by atoms with Crippen LogP contribution in [0.15, 0.2) is 17.1 Å². The zero-order valence-electron chi connectivity index (χ0n) is 10.9. The molecule has 2 heterocycles. The molecule has 1 N–H and O–H groups in total. The van der Waals surface area contributed by atoms with Gasteiger partial charge in [0.25, 0.3) is 0 Å². The Morgan fingerprint density at radius 1 is 1.56 bits per heavy atom. The monoisotopic (exact) mass is 266 g/mol. The first-order valence-electron chi connectivity index (χ1n) is 5.85. The minimum atomic E-state index is 0.228. The number of hydrogen-bond donors (Lipinski definition) is 1. The van der Waals surface area contributed by atoms with Gasteiger partial charge in [-0.15, -0.1) is 11.3 Å². The number of imidazole rings is 1. The van der Waals surface area contributed by atoms with Crippen LogP contribution in [-0.4, -0.2) is 34.3 Å². The van der Waals surface area contributed by atoms with Crippen molar-refractivity contribution < 1.29 is 4.74 Å². The first kappa shape index (κ1) is 13.0. The Labute approximate surface area is 111 Å². The van der Waals surface area contributed by atoms with Crippen LogP contribution < -0.4 is 5.32 Å². The van der Waals surface area contributed by atoms with Crippen LogP contribution in [0.25, 0.3) is 0 Å². The maximum atomic E-state index is 5.12. The van der Waals surface area contributed by atoms with Gasteiger partial charge in [0.2, 0.25) is 5.95 Å². The number of nitrogens with zero attached hydrogens (tertiary/aromatic N) is 3. The number of nitrogens with one attached hydrogen (secondary N) is 1. The van der Waals surface area contributed by atoms with Crippen molar-refractivity contribution in [2.24, 2.45) is 0 Å². The standard InChI is InChI=1S/C12H18N4OS/c1-9-4-16(5-11-7-18-8-13-11)12(14-9)15-10(2)6-17-3/h4,7-8,10H,5-6H2,1-3H3,(H,14,15). The molecule has 0 spiro atoms. The first-order chi connectivity index (χ1) is 8.69. The lowest BCUT2D eigenvalue weighted by Crippen LogP contribution is -2.23. The third-order valence-corrected chi connectivity index (χ3v) is 3.14. The van der Waals surface area contributed by atoms with E-state index in [1.54, 1.807) is 18.4 Å². The van der Waals surface area contributed by atoms with E-state index in [-0.39, 0.29) is 6.04 Å². The average molecular weight is 266 g/mol. The molecule has 2 aromatic rings. The average Bonchev–Trinajstić information content (AvgIpc) is 2.90. The second-order valence-corrected chi connectivity index (χ2v) is 5.03. The Hall–Kier alpha value is -1.40. The Morgan fingerprint density at radius 3 is 3.06 bits per heavy atom. The number of hydrogen-bond acceptors (Lipinski definition) is 5. The van der Waals surface area contributed by atoms with E-state index in [1.807, 2.05) is 18.6 Å². The zero-order chi connectivity index (χ0) is 13.0. The summed E-state index contributed by atoms with van der Waals surface area (Å²) < 4.78 is 7.20. The van der Waals surface area contributed by atoms with Gasteiger partial charge in [-0.3, -0.25) is 0 Å². The fourth-order valence-electron chi connectivity index (χ4n) is 1.78. The molecule has 2 rings (SSSR count). The van der Waals surface area contributed by atoms with Crippen molar-refractivity contribution in [1.29, 1.82) is 0 Å². The molecule has 18 heavy (non-hydrogen) atoms. The number of aryl methyl sites for hydroxylation is 1. The van der Waals surface area contributed by atoms with Gasteiger partial charge < -0.3 is 14.6 Å². The molecule has 0 bridgehead atoms. The molecule has 0 aliphatic carbocycles. The van der Waals surface area contributed by atoms with Gasteiger partial charge in [-0.05, 0) is 13.8 Å². The lowest BCUT2D eigenvalue weighted by molar-refractivity contribution is 0.190. The van der Waals surface area contributed by atoms with Crippen molar-refractivity contribution in [2.45, 2.75) is 26.4 Å². The smallest absolute Gasteiger partial charge is 0.203 e. The highest BCUT2D eigenvalue weighted by molar-refractivity contribution is 7.07. The van der Waals surface area contributed by atoms with Crippen LogP contribution in [0.5, 0.6) is 0 Å². The number of anilines is 1. The van der Waals surface area contributed by atoms with E-state index in [0.29, 0.717) is 6.61 Å². The van der Waals surface area contributed by atoms with Gasteiger partial charge in [0, 0.05) is 24.7 Å². The van der Waals surface area contributed by atoms with Gasteiger partial charge >= 0.3 is 0 Å². The van der Waals surface area contributed by atoms with Crippen LogP contribution in [0.2, 0.25) is 0 Å². The van der Waals surface area contributed by atoms with E-state index in [2.05, 4.69) is 32.2 Å². The largest absolute Gasteiger partial charge is 0.383 e. The van der Waals surface area contributed by atoms with E-state index < -0.39 is 0 Å². The van der Waals surface area contributed by atoms with E-state index >= 15 is 0 Å². The number of ether oxygens (including phenoxy) is 1. The fraction of sp³-hybridized carbons (Fsp3) is 0.500. The van der Waals surface area contributed by atoms with Crippen LogP contribution in [0, 0.1) is 6.92 Å². The Morgan fingerprint density at radius 2 is 2.39 bits per heavy atom. The maximum absolute atomic E-state index is 5.12. The van der Waals surface area contributed by atoms with Gasteiger partial charge in [0.15, 0.2) is 0 Å². The molecule has 0 aromatic carbocycles. The van der Waals surface area contributed by atoms with E-state index in [1.165, 1.54) is 0 Å². The molecule has 5 nitrogen and oxygen atoms in total. The quantitative estimate of drug-likeness (QED) is 0.870. The van der Waals surface area contributed by atoms with Gasteiger partial charge in [-0.1, -0.05) is 0 Å². The van der Waals surface area contributed by atoms with Crippen LogP contribution in [-0.2, 0) is 11.3 Å². The highest BCUT2D eigenvalue weighted by Crippen LogP contribution is 2.13. The summed E-state index contributed by atoms with van der Waals surface area (Å²) in [5.74, 6) is 0.866. The summed E-state index contributed by atoms with van der Waals surface area (Å²) in [4.78, 5) is 8.78. The Kier molecular flexibility index (Phi) is 4.33. The van der Waals surface area contributed by atoms with Crippen LogP contribution in [0.3, 0.4) is 0 Å². The summed E-state index contributed by atoms with van der Waals surface area (Å²) in [6.07, 6.45) is 2.03. The SMILES string of the molecule is COCC(C)Nc1nc(C)cn1Cc1cscn1. The predicted molar refractivity (Wildman–Crippen MR) is 73.1 cm³/mol. The molecule has 0 radical (unpaired) electrons. The molecule has 1 atom stereocenters. The maximum Gasteiger partial charge on any atom is 0.203 e. The number of rotatable bonds is 6. The summed E-state index contributed by atoms with van der Waals surface area (Å²) in [5, 5.41) is 5.40. The highest BCUT2D eigenvalue weighted by Gasteiger charge is 2.10. The normalized spacial score (nSPS) is 12.6. The second-order valence-electron chi connectivity index (χ2n) is 4.31. The van der Waals surface area contributed by atoms with Gasteiger partial charge in [-0.2, -0.15) is 0 Å². The molecule has 0 aliphatic rings. The predicted octanol–water partition coefficient (Wildman–Crippen LogP) is 2.14. The number of aromatic nitrogens is 3. The first-order valence-corrected chi connectivity index (χ1v) is 6.79. The van der Waals surface area contributed by atoms with Crippen molar-refractivity contribution in [2.75, 3.05) is 19.0 Å². The highest BCUT2D eigenvalue weighted by atomic mass is 32.1. The third kappa shape index (κ3) is 3.30. The van der Waals surface area contributed by atoms with Crippen molar-refractivity contribution in [3.05, 3.63) is 28.5 Å². The Balaban J connectivity index is 2.10. The van der Waals surface area contributed by atoms with Crippen LogP contribution >= 0.6 is 11.3 Å².